The molecular formula is C26H48O2. The lowest BCUT2D eigenvalue weighted by Gasteiger charge is -2.38. The molecular weight excluding hydrogens is 344 g/mol. The van der Waals surface area contributed by atoms with E-state index in [1.807, 2.05) is 0 Å². The first kappa shape index (κ1) is 23.7. The molecule has 0 radical (unpaired) electrons. The lowest BCUT2D eigenvalue weighted by molar-refractivity contribution is -0.157. The number of esters is 1. The lowest BCUT2D eigenvalue weighted by atomic mass is 9.70. The van der Waals surface area contributed by atoms with Gasteiger partial charge in [0, 0.05) is 11.8 Å². The van der Waals surface area contributed by atoms with Crippen LogP contribution in [-0.2, 0) is 9.53 Å². The zero-order valence-corrected chi connectivity index (χ0v) is 19.5. The summed E-state index contributed by atoms with van der Waals surface area (Å²) in [6.07, 6.45) is 21.9. The molecule has 2 bridgehead atoms. The van der Waals surface area contributed by atoms with Gasteiger partial charge in [-0.15, -0.1) is 0 Å². The summed E-state index contributed by atoms with van der Waals surface area (Å²) in [6, 6.07) is 0. The van der Waals surface area contributed by atoms with Crippen LogP contribution in [0.25, 0.3) is 0 Å². The van der Waals surface area contributed by atoms with Gasteiger partial charge in [0.25, 0.3) is 0 Å². The molecule has 3 atom stereocenters. The number of hydrogen-bond donors (Lipinski definition) is 0. The number of hydrogen-bond acceptors (Lipinski definition) is 2. The monoisotopic (exact) mass is 392 g/mol. The predicted octanol–water partition coefficient (Wildman–Crippen LogP) is 8.23. The Morgan fingerprint density at radius 3 is 1.75 bits per heavy atom. The van der Waals surface area contributed by atoms with Crippen LogP contribution in [0.4, 0.5) is 0 Å². The van der Waals surface area contributed by atoms with Crippen LogP contribution in [0.3, 0.4) is 0 Å². The van der Waals surface area contributed by atoms with Gasteiger partial charge in [0.1, 0.15) is 6.10 Å². The van der Waals surface area contributed by atoms with E-state index in [4.69, 9.17) is 4.74 Å². The molecule has 0 aromatic rings. The van der Waals surface area contributed by atoms with Crippen molar-refractivity contribution in [3.8, 4) is 0 Å². The Morgan fingerprint density at radius 2 is 1.32 bits per heavy atom. The molecule has 28 heavy (non-hydrogen) atoms. The Kier molecular flexibility index (Phi) is 9.84. The molecule has 2 aliphatic carbocycles. The molecule has 0 aromatic carbocycles. The normalized spacial score (nSPS) is 28.0. The Balaban J connectivity index is 1.42. The standard InChI is InChI=1S/C26H48O2/c1-5-6-7-8-9-10-11-12-13-14-15-16-17-18-24(27)28-23-21-22-19-20-26(23,4)25(22,2)3/h22-23H,5-21H2,1-4H3/t22-,23+,26-/m1/s1. The van der Waals surface area contributed by atoms with Crippen molar-refractivity contribution in [2.45, 2.75) is 143 Å². The molecule has 0 heterocycles. The molecule has 164 valence electrons. The minimum Gasteiger partial charge on any atom is -0.462 e. The maximum absolute atomic E-state index is 12.3. The number of fused-ring (bicyclic) bond motifs is 2. The average Bonchev–Trinajstić information content (AvgIpc) is 2.99. The second kappa shape index (κ2) is 11.6. The van der Waals surface area contributed by atoms with Gasteiger partial charge >= 0.3 is 5.97 Å². The van der Waals surface area contributed by atoms with Crippen LogP contribution in [0.1, 0.15) is 137 Å². The number of carbonyl (C=O) groups excluding carboxylic acids is 1. The van der Waals surface area contributed by atoms with Crippen molar-refractivity contribution in [3.05, 3.63) is 0 Å². The Morgan fingerprint density at radius 1 is 0.821 bits per heavy atom. The van der Waals surface area contributed by atoms with Gasteiger partial charge in [0.2, 0.25) is 0 Å². The molecule has 2 fully saturated rings. The van der Waals surface area contributed by atoms with Gasteiger partial charge in [-0.25, -0.2) is 0 Å². The van der Waals surface area contributed by atoms with Crippen LogP contribution in [-0.4, -0.2) is 12.1 Å². The second-order valence-electron chi connectivity index (χ2n) is 10.6. The summed E-state index contributed by atoms with van der Waals surface area (Å²) in [5.74, 6) is 0.796. The van der Waals surface area contributed by atoms with Gasteiger partial charge < -0.3 is 4.74 Å². The average molecular weight is 393 g/mol. The summed E-state index contributed by atoms with van der Waals surface area (Å²) in [4.78, 5) is 12.3. The molecule has 0 aliphatic heterocycles. The highest BCUT2D eigenvalue weighted by Gasteiger charge is 2.62. The predicted molar refractivity (Wildman–Crippen MR) is 119 cm³/mol. The summed E-state index contributed by atoms with van der Waals surface area (Å²) in [5.41, 5.74) is 0.525. The van der Waals surface area contributed by atoms with Crippen molar-refractivity contribution in [1.29, 1.82) is 0 Å². The smallest absolute Gasteiger partial charge is 0.306 e. The zero-order valence-electron chi connectivity index (χ0n) is 19.5. The molecule has 0 aromatic heterocycles. The Hall–Kier alpha value is -0.530. The summed E-state index contributed by atoms with van der Waals surface area (Å²) in [6.45, 7) is 9.39. The van der Waals surface area contributed by atoms with E-state index in [2.05, 4.69) is 27.7 Å². The number of unbranched alkanes of at least 4 members (excludes halogenated alkanes) is 12. The number of rotatable bonds is 15. The highest BCUT2D eigenvalue weighted by molar-refractivity contribution is 5.69. The minimum absolute atomic E-state index is 0.0534. The summed E-state index contributed by atoms with van der Waals surface area (Å²) < 4.78 is 5.95. The van der Waals surface area contributed by atoms with Crippen LogP contribution in [0.2, 0.25) is 0 Å². The van der Waals surface area contributed by atoms with Crippen molar-refractivity contribution in [1.82, 2.24) is 0 Å². The molecule has 2 saturated carbocycles. The van der Waals surface area contributed by atoms with E-state index in [-0.39, 0.29) is 17.5 Å². The van der Waals surface area contributed by atoms with Crippen LogP contribution in [0, 0.1) is 16.7 Å². The first-order valence-electron chi connectivity index (χ1n) is 12.6. The van der Waals surface area contributed by atoms with E-state index in [1.165, 1.54) is 89.9 Å². The van der Waals surface area contributed by atoms with Crippen molar-refractivity contribution in [2.24, 2.45) is 16.7 Å². The van der Waals surface area contributed by atoms with E-state index in [1.54, 1.807) is 0 Å². The van der Waals surface area contributed by atoms with Gasteiger partial charge in [0.05, 0.1) is 0 Å². The van der Waals surface area contributed by atoms with Crippen LogP contribution in [0.15, 0.2) is 0 Å². The largest absolute Gasteiger partial charge is 0.462 e. The van der Waals surface area contributed by atoms with Crippen LogP contribution >= 0.6 is 0 Å². The Bertz CT molecular complexity index is 455. The maximum atomic E-state index is 12.3. The molecule has 2 heteroatoms. The maximum Gasteiger partial charge on any atom is 0.306 e. The van der Waals surface area contributed by atoms with Gasteiger partial charge in [-0.1, -0.05) is 105 Å². The van der Waals surface area contributed by atoms with Gasteiger partial charge in [0.15, 0.2) is 0 Å². The molecule has 0 amide bonds. The van der Waals surface area contributed by atoms with Gasteiger partial charge in [-0.2, -0.15) is 0 Å². The van der Waals surface area contributed by atoms with E-state index in [0.29, 0.717) is 11.8 Å². The molecule has 2 aliphatic rings. The summed E-state index contributed by atoms with van der Waals surface area (Å²) in [5, 5.41) is 0. The SMILES string of the molecule is CCCCCCCCCCCCCCCC(=O)O[C@H]1C[C@H]2CC[C@@]1(C)C2(C)C. The van der Waals surface area contributed by atoms with Gasteiger partial charge in [-0.05, 0) is 37.0 Å². The highest BCUT2D eigenvalue weighted by Crippen LogP contribution is 2.66. The van der Waals surface area contributed by atoms with Crippen LogP contribution in [0.5, 0.6) is 0 Å². The van der Waals surface area contributed by atoms with Gasteiger partial charge in [-0.3, -0.25) is 4.79 Å². The summed E-state index contributed by atoms with van der Waals surface area (Å²) >= 11 is 0. The number of carbonyl (C=O) groups is 1. The zero-order chi connectivity index (χ0) is 20.5. The topological polar surface area (TPSA) is 26.3 Å². The van der Waals surface area contributed by atoms with Crippen molar-refractivity contribution < 1.29 is 9.53 Å². The van der Waals surface area contributed by atoms with E-state index in [0.717, 1.165) is 18.8 Å². The number of ether oxygens (including phenoxy) is 1. The fourth-order valence-electron chi connectivity index (χ4n) is 5.81. The summed E-state index contributed by atoms with van der Waals surface area (Å²) in [7, 11) is 0. The van der Waals surface area contributed by atoms with E-state index < -0.39 is 0 Å². The first-order chi connectivity index (χ1) is 13.4. The quantitative estimate of drug-likeness (QED) is 0.207. The molecule has 2 rings (SSSR count). The lowest BCUT2D eigenvalue weighted by Crippen LogP contribution is -2.38. The molecule has 0 spiro atoms. The minimum atomic E-state index is 0.0534. The third kappa shape index (κ3) is 6.23. The van der Waals surface area contributed by atoms with E-state index in [9.17, 15) is 4.79 Å². The van der Waals surface area contributed by atoms with Crippen molar-refractivity contribution in [3.63, 3.8) is 0 Å². The highest BCUT2D eigenvalue weighted by atomic mass is 16.5. The fraction of sp³-hybridized carbons (Fsp3) is 0.962. The third-order valence-corrected chi connectivity index (χ3v) is 8.47. The first-order valence-corrected chi connectivity index (χ1v) is 12.6. The van der Waals surface area contributed by atoms with Crippen molar-refractivity contribution in [2.75, 3.05) is 0 Å². The molecule has 0 unspecified atom stereocenters. The fourth-order valence-corrected chi connectivity index (χ4v) is 5.81. The molecule has 0 saturated heterocycles. The third-order valence-electron chi connectivity index (χ3n) is 8.47. The second-order valence-corrected chi connectivity index (χ2v) is 10.6. The Labute approximate surface area is 175 Å². The van der Waals surface area contributed by atoms with Crippen molar-refractivity contribution >= 4 is 5.97 Å². The van der Waals surface area contributed by atoms with E-state index >= 15 is 0 Å². The molecule has 2 nitrogen and oxygen atoms in total. The van der Waals surface area contributed by atoms with Crippen LogP contribution < -0.4 is 0 Å². The molecule has 0 N–H and O–H groups in total.